The first-order chi connectivity index (χ1) is 23.1. The summed E-state index contributed by atoms with van der Waals surface area (Å²) in [5.41, 5.74) is -0.399. The van der Waals surface area contributed by atoms with Crippen LogP contribution in [0.25, 0.3) is 5.57 Å². The van der Waals surface area contributed by atoms with Crippen molar-refractivity contribution < 1.29 is 64.8 Å². The lowest BCUT2D eigenvalue weighted by molar-refractivity contribution is -0.507. The van der Waals surface area contributed by atoms with Gasteiger partial charge in [0.05, 0.1) is 16.8 Å². The highest BCUT2D eigenvalue weighted by molar-refractivity contribution is 7.86. The third kappa shape index (κ3) is 5.41. The molecule has 18 heteroatoms. The van der Waals surface area contributed by atoms with Crippen LogP contribution in [-0.2, 0) is 47.5 Å². The van der Waals surface area contributed by atoms with Gasteiger partial charge < -0.3 is 24.6 Å². The summed E-state index contributed by atoms with van der Waals surface area (Å²) >= 11 is 0. The Kier molecular flexibility index (Phi) is 7.58. The highest BCUT2D eigenvalue weighted by Gasteiger charge is 2.38. The van der Waals surface area contributed by atoms with Gasteiger partial charge in [-0.25, -0.2) is 23.0 Å². The molecule has 16 nitrogen and oxygen atoms in total. The average molecular weight is 712 g/mol. The third-order valence-corrected chi connectivity index (χ3v) is 10.5. The first-order valence-corrected chi connectivity index (χ1v) is 17.8. The van der Waals surface area contributed by atoms with E-state index in [1.54, 1.807) is 0 Å². The van der Waals surface area contributed by atoms with Crippen LogP contribution in [0.5, 0.6) is 11.5 Å². The van der Waals surface area contributed by atoms with Crippen LogP contribution in [0.3, 0.4) is 0 Å². The van der Waals surface area contributed by atoms with Crippen molar-refractivity contribution >= 4 is 55.2 Å². The number of fused-ring (bicyclic) bond motifs is 4. The van der Waals surface area contributed by atoms with Crippen LogP contribution in [-0.4, -0.2) is 73.0 Å². The number of ether oxygens (including phenoxy) is 1. The number of aryl methyl sites for hydroxylation is 2. The zero-order valence-corrected chi connectivity index (χ0v) is 26.8. The van der Waals surface area contributed by atoms with Gasteiger partial charge in [0, 0.05) is 47.7 Å². The standard InChI is InChI=1S/C31H25N3O13S2/c35-21-7-8-22(36)34(21)47-31(39)16-5-6-17(18(13-16)30(37)38)23-19-11-14-3-1-9-32-24(14)28(48(40,41)42)26(19)46-27-20(23)12-15-4-2-10-33-25(15)29(27)49(43,44)45/h5-6,11-13,32H,1-4,7-10H2,(H,37,38)(H,40,41,42)(H,43,44,45). The minimum Gasteiger partial charge on any atom is -0.744 e. The minimum atomic E-state index is -5.34. The highest BCUT2D eigenvalue weighted by atomic mass is 32.2. The van der Waals surface area contributed by atoms with Crippen LogP contribution < -0.4 is 25.6 Å². The Labute approximate surface area is 277 Å². The number of nitrogens with one attached hydrogen (secondary N) is 2. The third-order valence-electron chi connectivity index (χ3n) is 8.67. The molecular formula is C31H25N3O13S2. The predicted molar refractivity (Wildman–Crippen MR) is 162 cm³/mol. The number of benzene rings is 3. The van der Waals surface area contributed by atoms with Crippen molar-refractivity contribution in [3.63, 3.8) is 0 Å². The van der Waals surface area contributed by atoms with Crippen molar-refractivity contribution in [2.24, 2.45) is 0 Å². The van der Waals surface area contributed by atoms with E-state index >= 15 is 0 Å². The number of aromatic carboxylic acids is 1. The van der Waals surface area contributed by atoms with Crippen LogP contribution in [0, 0.1) is 0 Å². The molecular weight excluding hydrogens is 686 g/mol. The number of nitrogens with zero attached hydrogens (tertiary/aromatic N) is 1. The summed E-state index contributed by atoms with van der Waals surface area (Å²) in [6.45, 7) is 0.638. The molecule has 4 aliphatic heterocycles. The fourth-order valence-electron chi connectivity index (χ4n) is 6.61. The largest absolute Gasteiger partial charge is 0.744 e. The maximum Gasteiger partial charge on any atom is 0.363 e. The van der Waals surface area contributed by atoms with Crippen molar-refractivity contribution in [2.45, 2.75) is 48.3 Å². The molecule has 4 aliphatic rings. The van der Waals surface area contributed by atoms with E-state index in [-0.39, 0.29) is 51.4 Å². The lowest BCUT2D eigenvalue weighted by Gasteiger charge is -2.30. The fourth-order valence-corrected chi connectivity index (χ4v) is 8.29. The van der Waals surface area contributed by atoms with E-state index in [0.717, 1.165) is 12.1 Å². The normalized spacial score (nSPS) is 16.8. The van der Waals surface area contributed by atoms with Gasteiger partial charge in [-0.15, -0.1) is 5.06 Å². The number of rotatable bonds is 6. The molecule has 1 fully saturated rings. The first kappa shape index (κ1) is 32.4. The number of carboxylic acid groups (broad SMARTS) is 1. The van der Waals surface area contributed by atoms with E-state index < -0.39 is 70.8 Å². The van der Waals surface area contributed by atoms with E-state index in [1.807, 2.05) is 0 Å². The van der Waals surface area contributed by atoms with Gasteiger partial charge in [0.1, 0.15) is 21.6 Å². The summed E-state index contributed by atoms with van der Waals surface area (Å²) in [5, 5.41) is 13.6. The molecule has 4 heterocycles. The van der Waals surface area contributed by atoms with E-state index in [4.69, 9.17) is 9.57 Å². The molecule has 0 aromatic heterocycles. The second-order valence-corrected chi connectivity index (χ2v) is 14.4. The fraction of sp³-hybridized carbons (Fsp3) is 0.258. The average Bonchev–Trinajstić information content (AvgIpc) is 3.35. The summed E-state index contributed by atoms with van der Waals surface area (Å²) < 4.78 is 81.0. The maximum absolute atomic E-state index is 13.0. The number of hydrogen-bond donors (Lipinski definition) is 4. The Morgan fingerprint density at radius 3 is 2.31 bits per heavy atom. The number of amides is 2. The summed E-state index contributed by atoms with van der Waals surface area (Å²) in [6.07, 6.45) is 1.46. The molecule has 49 heavy (non-hydrogen) atoms. The van der Waals surface area contributed by atoms with E-state index in [1.165, 1.54) is 18.2 Å². The topological polar surface area (TPSA) is 248 Å². The van der Waals surface area contributed by atoms with E-state index in [9.17, 15) is 50.2 Å². The van der Waals surface area contributed by atoms with Gasteiger partial charge in [0.2, 0.25) is 10.3 Å². The molecule has 0 bridgehead atoms. The number of imide groups is 1. The second kappa shape index (κ2) is 11.5. The molecule has 3 aromatic carbocycles. The molecule has 0 saturated carbocycles. The quantitative estimate of drug-likeness (QED) is 0.140. The van der Waals surface area contributed by atoms with Crippen molar-refractivity contribution in [2.75, 3.05) is 18.4 Å². The molecule has 0 radical (unpaired) electrons. The van der Waals surface area contributed by atoms with E-state index in [0.29, 0.717) is 55.0 Å². The summed E-state index contributed by atoms with van der Waals surface area (Å²) in [5.74, 6) is -5.44. The van der Waals surface area contributed by atoms with Crippen molar-refractivity contribution in [1.29, 1.82) is 0 Å². The molecule has 254 valence electrons. The Balaban J connectivity index is 1.58. The smallest absolute Gasteiger partial charge is 0.363 e. The molecule has 0 aliphatic carbocycles. The lowest BCUT2D eigenvalue weighted by Crippen LogP contribution is -2.80. The van der Waals surface area contributed by atoms with Crippen molar-refractivity contribution in [3.05, 3.63) is 74.3 Å². The minimum absolute atomic E-state index is 0.000439. The molecule has 0 atom stereocenters. The zero-order valence-electron chi connectivity index (χ0n) is 25.2. The molecule has 3 aromatic rings. The van der Waals surface area contributed by atoms with Gasteiger partial charge in [-0.1, -0.05) is 6.07 Å². The second-order valence-electron chi connectivity index (χ2n) is 11.7. The number of carbonyl (C=O) groups is 4. The number of carboxylic acids is 1. The van der Waals surface area contributed by atoms with Crippen molar-refractivity contribution in [3.8, 4) is 11.5 Å². The molecule has 0 unspecified atom stereocenters. The first-order valence-electron chi connectivity index (χ1n) is 15.0. The summed E-state index contributed by atoms with van der Waals surface area (Å²) in [7, 11) is -10.4. The van der Waals surface area contributed by atoms with Crippen LogP contribution >= 0.6 is 0 Å². The van der Waals surface area contributed by atoms with Crippen molar-refractivity contribution in [1.82, 2.24) is 5.06 Å². The maximum atomic E-state index is 13.0. The van der Waals surface area contributed by atoms with Gasteiger partial charge in [0.15, 0.2) is 11.5 Å². The number of carbonyl (C=O) groups excluding carboxylic acids is 3. The molecule has 1 saturated heterocycles. The Morgan fingerprint density at radius 2 is 1.63 bits per heavy atom. The van der Waals surface area contributed by atoms with Crippen LogP contribution in [0.2, 0.25) is 0 Å². The number of hydroxylamine groups is 2. The van der Waals surface area contributed by atoms with E-state index in [2.05, 4.69) is 10.3 Å². The van der Waals surface area contributed by atoms with Crippen LogP contribution in [0.1, 0.15) is 68.7 Å². The van der Waals surface area contributed by atoms with Gasteiger partial charge in [0.25, 0.3) is 11.8 Å². The highest BCUT2D eigenvalue weighted by Crippen LogP contribution is 2.47. The van der Waals surface area contributed by atoms with Crippen LogP contribution in [0.4, 0.5) is 5.69 Å². The summed E-state index contributed by atoms with van der Waals surface area (Å²) in [6, 6.07) is 6.31. The number of anilines is 1. The van der Waals surface area contributed by atoms with Crippen LogP contribution in [0.15, 0.2) is 40.1 Å². The molecule has 2 amide bonds. The van der Waals surface area contributed by atoms with Gasteiger partial charge >= 0.3 is 22.1 Å². The molecule has 4 N–H and O–H groups in total. The van der Waals surface area contributed by atoms with Gasteiger partial charge in [-0.05, 0) is 54.7 Å². The number of hydrogen-bond acceptors (Lipinski definition) is 12. The van der Waals surface area contributed by atoms with Gasteiger partial charge in [-0.3, -0.25) is 14.1 Å². The zero-order chi connectivity index (χ0) is 35.0. The Hall–Kier alpha value is -5.17. The SMILES string of the molecule is O=C(ON1C(=O)CCC1=O)c1ccc(C2=c3cc4c(c(S(=O)(=O)O)c3Oc3c2cc2c(c3S(=O)(=O)[O-])NCCC2)=[NH+]CCC4)c(C(=O)O)c1. The summed E-state index contributed by atoms with van der Waals surface area (Å²) in [4.78, 5) is 56.1. The monoisotopic (exact) mass is 711 g/mol. The van der Waals surface area contributed by atoms with Gasteiger partial charge in [-0.2, -0.15) is 8.42 Å². The Morgan fingerprint density at radius 1 is 0.918 bits per heavy atom. The Bertz CT molecular complexity index is 2410. The molecule has 0 spiro atoms. The lowest BCUT2D eigenvalue weighted by atomic mass is 9.86. The molecule has 7 rings (SSSR count). The predicted octanol–water partition coefficient (Wildman–Crippen LogP) is -0.886.